The molecule has 0 amide bonds. The largest absolute Gasteiger partial charge is 0.374 e. The molecule has 0 spiro atoms. The fraction of sp³-hybridized carbons (Fsp3) is 0.733. The molecule has 19 heavy (non-hydrogen) atoms. The highest BCUT2D eigenvalue weighted by Crippen LogP contribution is 2.24. The molecule has 3 nitrogen and oxygen atoms in total. The van der Waals surface area contributed by atoms with Crippen LogP contribution in [-0.2, 0) is 4.74 Å². The molecular weight excluding hydrogens is 256 g/mol. The van der Waals surface area contributed by atoms with Gasteiger partial charge in [-0.25, -0.2) is 0 Å². The summed E-state index contributed by atoms with van der Waals surface area (Å²) in [4.78, 5) is 4.06. The number of rotatable bonds is 5. The highest BCUT2D eigenvalue weighted by atomic mass is 32.1. The number of fused-ring (bicyclic) bond motifs is 1. The van der Waals surface area contributed by atoms with Crippen LogP contribution in [0.2, 0.25) is 0 Å². The average molecular weight is 280 g/mol. The second-order valence-corrected chi connectivity index (χ2v) is 6.61. The summed E-state index contributed by atoms with van der Waals surface area (Å²) in [5.74, 6) is 0. The van der Waals surface area contributed by atoms with Crippen molar-refractivity contribution in [1.82, 2.24) is 10.2 Å². The number of morpholine rings is 1. The van der Waals surface area contributed by atoms with Gasteiger partial charge in [-0.2, -0.15) is 0 Å². The van der Waals surface area contributed by atoms with Gasteiger partial charge in [0.2, 0.25) is 0 Å². The molecule has 1 aromatic heterocycles. The van der Waals surface area contributed by atoms with Gasteiger partial charge in [0.25, 0.3) is 0 Å². The first-order valence-corrected chi connectivity index (χ1v) is 8.37. The molecule has 1 aromatic rings. The third-order valence-corrected chi connectivity index (χ3v) is 5.33. The molecule has 3 atom stereocenters. The van der Waals surface area contributed by atoms with Crippen LogP contribution in [-0.4, -0.2) is 43.3 Å². The van der Waals surface area contributed by atoms with Crippen LogP contribution in [0, 0.1) is 0 Å². The lowest BCUT2D eigenvalue weighted by Crippen LogP contribution is -2.49. The fourth-order valence-electron chi connectivity index (χ4n) is 3.22. The summed E-state index contributed by atoms with van der Waals surface area (Å²) in [5.41, 5.74) is 0. The van der Waals surface area contributed by atoms with Gasteiger partial charge in [-0.05, 0) is 37.3 Å². The van der Waals surface area contributed by atoms with Gasteiger partial charge < -0.3 is 10.1 Å². The first-order chi connectivity index (χ1) is 9.36. The predicted octanol–water partition coefficient (Wildman–Crippen LogP) is 2.65. The van der Waals surface area contributed by atoms with Gasteiger partial charge in [0.15, 0.2) is 0 Å². The average Bonchev–Trinajstić information content (AvgIpc) is 3.10. The second-order valence-electron chi connectivity index (χ2n) is 5.63. The molecule has 3 rings (SSSR count). The summed E-state index contributed by atoms with van der Waals surface area (Å²) in [6.45, 7) is 6.53. The Morgan fingerprint density at radius 1 is 1.58 bits per heavy atom. The molecule has 2 fully saturated rings. The molecule has 2 saturated heterocycles. The second kappa shape index (κ2) is 6.35. The number of thiophene rings is 1. The lowest BCUT2D eigenvalue weighted by atomic mass is 10.1. The minimum absolute atomic E-state index is 0.364. The SMILES string of the molecule is CCC(NCC1CN2CCCC2CO1)c1cccs1. The molecule has 1 N–H and O–H groups in total. The fourth-order valence-corrected chi connectivity index (χ4v) is 4.10. The van der Waals surface area contributed by atoms with E-state index in [1.807, 2.05) is 11.3 Å². The summed E-state index contributed by atoms with van der Waals surface area (Å²) in [6.07, 6.45) is 4.18. The maximum absolute atomic E-state index is 6.00. The van der Waals surface area contributed by atoms with Crippen LogP contribution >= 0.6 is 11.3 Å². The van der Waals surface area contributed by atoms with Gasteiger partial charge in [0.1, 0.15) is 0 Å². The molecule has 4 heteroatoms. The van der Waals surface area contributed by atoms with Gasteiger partial charge >= 0.3 is 0 Å². The lowest BCUT2D eigenvalue weighted by Gasteiger charge is -2.35. The van der Waals surface area contributed by atoms with Crippen molar-refractivity contribution in [1.29, 1.82) is 0 Å². The Morgan fingerprint density at radius 3 is 3.32 bits per heavy atom. The molecule has 0 bridgehead atoms. The van der Waals surface area contributed by atoms with Crippen molar-refractivity contribution in [2.75, 3.05) is 26.2 Å². The van der Waals surface area contributed by atoms with E-state index in [1.54, 1.807) is 0 Å². The van der Waals surface area contributed by atoms with Gasteiger partial charge in [0, 0.05) is 30.1 Å². The van der Waals surface area contributed by atoms with Crippen molar-refractivity contribution in [2.45, 2.75) is 44.4 Å². The van der Waals surface area contributed by atoms with E-state index < -0.39 is 0 Å². The van der Waals surface area contributed by atoms with Crippen molar-refractivity contribution in [3.05, 3.63) is 22.4 Å². The Morgan fingerprint density at radius 2 is 2.53 bits per heavy atom. The van der Waals surface area contributed by atoms with Crippen LogP contribution in [0.15, 0.2) is 17.5 Å². The Bertz CT molecular complexity index is 382. The van der Waals surface area contributed by atoms with E-state index in [9.17, 15) is 0 Å². The van der Waals surface area contributed by atoms with Gasteiger partial charge in [-0.15, -0.1) is 11.3 Å². The van der Waals surface area contributed by atoms with Gasteiger partial charge in [0.05, 0.1) is 12.7 Å². The smallest absolute Gasteiger partial charge is 0.0827 e. The van der Waals surface area contributed by atoms with Gasteiger partial charge in [-0.1, -0.05) is 13.0 Å². The van der Waals surface area contributed by atoms with Crippen molar-refractivity contribution in [2.24, 2.45) is 0 Å². The minimum atomic E-state index is 0.364. The van der Waals surface area contributed by atoms with E-state index in [4.69, 9.17) is 4.74 Å². The number of nitrogens with one attached hydrogen (secondary N) is 1. The molecule has 0 aromatic carbocycles. The molecule has 0 saturated carbocycles. The highest BCUT2D eigenvalue weighted by molar-refractivity contribution is 7.10. The standard InChI is InChI=1S/C15H24N2OS/c1-2-14(15-6-4-8-19-15)16-9-13-10-17-7-3-5-12(17)11-18-13/h4,6,8,12-14,16H,2-3,5,7,9-11H2,1H3. The Labute approximate surface area is 119 Å². The Balaban J connectivity index is 1.49. The topological polar surface area (TPSA) is 24.5 Å². The number of hydrogen-bond acceptors (Lipinski definition) is 4. The van der Waals surface area contributed by atoms with Crippen LogP contribution in [0.3, 0.4) is 0 Å². The first kappa shape index (κ1) is 13.6. The third-order valence-electron chi connectivity index (χ3n) is 4.35. The van der Waals surface area contributed by atoms with Crippen LogP contribution < -0.4 is 5.32 Å². The summed E-state index contributed by atoms with van der Waals surface area (Å²) in [5, 5.41) is 5.84. The van der Waals surface area contributed by atoms with Crippen LogP contribution in [0.25, 0.3) is 0 Å². The molecule has 2 aliphatic rings. The van der Waals surface area contributed by atoms with Crippen molar-refractivity contribution < 1.29 is 4.74 Å². The maximum Gasteiger partial charge on any atom is 0.0827 e. The van der Waals surface area contributed by atoms with Crippen LogP contribution in [0.4, 0.5) is 0 Å². The number of nitrogens with zero attached hydrogens (tertiary/aromatic N) is 1. The quantitative estimate of drug-likeness (QED) is 0.897. The number of ether oxygens (including phenoxy) is 1. The van der Waals surface area contributed by atoms with Crippen molar-refractivity contribution in [3.8, 4) is 0 Å². The molecular formula is C15H24N2OS. The van der Waals surface area contributed by atoms with E-state index in [1.165, 1.54) is 24.3 Å². The molecule has 0 aliphatic carbocycles. The van der Waals surface area contributed by atoms with E-state index in [-0.39, 0.29) is 0 Å². The zero-order chi connectivity index (χ0) is 13.1. The zero-order valence-electron chi connectivity index (χ0n) is 11.7. The molecule has 0 radical (unpaired) electrons. The van der Waals surface area contributed by atoms with E-state index >= 15 is 0 Å². The molecule has 106 valence electrons. The third kappa shape index (κ3) is 3.19. The van der Waals surface area contributed by atoms with E-state index in [2.05, 4.69) is 34.7 Å². The summed E-state index contributed by atoms with van der Waals surface area (Å²) in [6, 6.07) is 5.55. The van der Waals surface area contributed by atoms with Crippen molar-refractivity contribution in [3.63, 3.8) is 0 Å². The lowest BCUT2D eigenvalue weighted by molar-refractivity contribution is -0.0479. The molecule has 3 heterocycles. The summed E-state index contributed by atoms with van der Waals surface area (Å²) >= 11 is 1.84. The zero-order valence-corrected chi connectivity index (χ0v) is 12.5. The normalized spacial score (nSPS) is 29.3. The van der Waals surface area contributed by atoms with Crippen LogP contribution in [0.1, 0.15) is 37.1 Å². The molecule has 2 aliphatic heterocycles. The Hall–Kier alpha value is -0.420. The van der Waals surface area contributed by atoms with E-state index in [0.29, 0.717) is 18.2 Å². The predicted molar refractivity (Wildman–Crippen MR) is 79.7 cm³/mol. The van der Waals surface area contributed by atoms with Crippen LogP contribution in [0.5, 0.6) is 0 Å². The minimum Gasteiger partial charge on any atom is -0.374 e. The molecule has 3 unspecified atom stereocenters. The van der Waals surface area contributed by atoms with E-state index in [0.717, 1.165) is 26.1 Å². The Kier molecular flexibility index (Phi) is 4.53. The highest BCUT2D eigenvalue weighted by Gasteiger charge is 2.32. The maximum atomic E-state index is 6.00. The first-order valence-electron chi connectivity index (χ1n) is 7.49. The van der Waals surface area contributed by atoms with Gasteiger partial charge in [-0.3, -0.25) is 4.90 Å². The summed E-state index contributed by atoms with van der Waals surface area (Å²) < 4.78 is 6.00. The summed E-state index contributed by atoms with van der Waals surface area (Å²) in [7, 11) is 0. The number of hydrogen-bond donors (Lipinski definition) is 1. The van der Waals surface area contributed by atoms with Crippen molar-refractivity contribution >= 4 is 11.3 Å². The monoisotopic (exact) mass is 280 g/mol.